The molecule has 1 rings (SSSR count). The second kappa shape index (κ2) is 9.52. The van der Waals surface area contributed by atoms with Crippen molar-refractivity contribution in [3.8, 4) is 5.75 Å². The van der Waals surface area contributed by atoms with Crippen LogP contribution in [0.25, 0.3) is 6.08 Å². The van der Waals surface area contributed by atoms with E-state index >= 15 is 0 Å². The van der Waals surface area contributed by atoms with E-state index < -0.39 is 15.9 Å². The van der Waals surface area contributed by atoms with Crippen molar-refractivity contribution in [1.82, 2.24) is 0 Å². The van der Waals surface area contributed by atoms with Crippen LogP contribution in [0.4, 0.5) is 0 Å². The molecule has 0 heterocycles. The number of hydrogen-bond donors (Lipinski definition) is 0. The molecule has 100 valence electrons. The van der Waals surface area contributed by atoms with E-state index in [-0.39, 0.29) is 42.8 Å². The predicted octanol–water partition coefficient (Wildman–Crippen LogP) is -1.73. The van der Waals surface area contributed by atoms with Gasteiger partial charge in [0.15, 0.2) is 0 Å². The Morgan fingerprint density at radius 3 is 2.32 bits per heavy atom. The van der Waals surface area contributed by atoms with Crippen molar-refractivity contribution in [2.75, 3.05) is 25.6 Å². The number of ether oxygens (including phenoxy) is 2. The van der Waals surface area contributed by atoms with Crippen molar-refractivity contribution in [2.24, 2.45) is 0 Å². The summed E-state index contributed by atoms with van der Waals surface area (Å²) in [5, 5.41) is 0. The standard InChI is InChI=1S/C12H16O5S.Na/c1-2-11-3-5-12(6-4-11)17-8-7-16-9-10-18(13,14)15;/h2-6H,1,7-10H2,(H,13,14,15);/q;+1/p-1. The van der Waals surface area contributed by atoms with Crippen LogP contribution in [0.15, 0.2) is 30.8 Å². The molecule has 0 radical (unpaired) electrons. The van der Waals surface area contributed by atoms with Gasteiger partial charge < -0.3 is 14.0 Å². The van der Waals surface area contributed by atoms with Gasteiger partial charge in [-0.2, -0.15) is 0 Å². The number of hydrogen-bond acceptors (Lipinski definition) is 5. The van der Waals surface area contributed by atoms with E-state index in [1.54, 1.807) is 18.2 Å². The molecule has 0 amide bonds. The molecule has 0 fully saturated rings. The maximum Gasteiger partial charge on any atom is 1.00 e. The minimum atomic E-state index is -4.20. The molecular formula is C12H15NaO5S. The van der Waals surface area contributed by atoms with Crippen LogP contribution in [-0.2, 0) is 14.9 Å². The van der Waals surface area contributed by atoms with Crippen molar-refractivity contribution in [3.05, 3.63) is 36.4 Å². The summed E-state index contributed by atoms with van der Waals surface area (Å²) in [4.78, 5) is 0. The summed E-state index contributed by atoms with van der Waals surface area (Å²) < 4.78 is 41.1. The zero-order valence-corrected chi connectivity index (χ0v) is 13.7. The minimum absolute atomic E-state index is 0. The van der Waals surface area contributed by atoms with Crippen LogP contribution in [0.3, 0.4) is 0 Å². The molecule has 19 heavy (non-hydrogen) atoms. The molecule has 0 aromatic heterocycles. The fourth-order valence-electron chi connectivity index (χ4n) is 1.18. The van der Waals surface area contributed by atoms with Crippen LogP contribution in [0.1, 0.15) is 5.56 Å². The molecule has 0 bridgehead atoms. The van der Waals surface area contributed by atoms with Crippen molar-refractivity contribution in [2.45, 2.75) is 0 Å². The summed E-state index contributed by atoms with van der Waals surface area (Å²) >= 11 is 0. The third-order valence-electron chi connectivity index (χ3n) is 2.09. The summed E-state index contributed by atoms with van der Waals surface area (Å²) in [5.41, 5.74) is 0.999. The van der Waals surface area contributed by atoms with Gasteiger partial charge in [-0.3, -0.25) is 0 Å². The molecule has 0 saturated heterocycles. The van der Waals surface area contributed by atoms with Gasteiger partial charge in [0.25, 0.3) is 0 Å². The third-order valence-corrected chi connectivity index (χ3v) is 2.76. The van der Waals surface area contributed by atoms with Crippen LogP contribution >= 0.6 is 0 Å². The summed E-state index contributed by atoms with van der Waals surface area (Å²) in [7, 11) is -4.20. The van der Waals surface area contributed by atoms with Crippen LogP contribution in [0.5, 0.6) is 5.75 Å². The van der Waals surface area contributed by atoms with Crippen molar-refractivity contribution >= 4 is 16.2 Å². The fourth-order valence-corrected chi connectivity index (χ4v) is 1.50. The zero-order chi connectivity index (χ0) is 13.4. The van der Waals surface area contributed by atoms with Crippen LogP contribution in [0.2, 0.25) is 0 Å². The Bertz CT molecular complexity index is 469. The number of rotatable bonds is 8. The van der Waals surface area contributed by atoms with Gasteiger partial charge in [0.05, 0.1) is 29.1 Å². The Balaban J connectivity index is 0.00000324. The molecule has 0 aliphatic rings. The molecule has 0 unspecified atom stereocenters. The average molecular weight is 294 g/mol. The van der Waals surface area contributed by atoms with Crippen LogP contribution in [-0.4, -0.2) is 38.5 Å². The first-order valence-electron chi connectivity index (χ1n) is 5.38. The van der Waals surface area contributed by atoms with Gasteiger partial charge in [-0.05, 0) is 17.7 Å². The Labute approximate surface area is 135 Å². The van der Waals surface area contributed by atoms with E-state index in [1.165, 1.54) is 0 Å². The van der Waals surface area contributed by atoms with E-state index in [0.29, 0.717) is 12.4 Å². The van der Waals surface area contributed by atoms with Gasteiger partial charge in [-0.15, -0.1) is 0 Å². The molecule has 0 N–H and O–H groups in total. The summed E-state index contributed by atoms with van der Waals surface area (Å²) in [5.74, 6) is 0.182. The molecule has 5 nitrogen and oxygen atoms in total. The average Bonchev–Trinajstić information content (AvgIpc) is 2.33. The summed E-state index contributed by atoms with van der Waals surface area (Å²) in [6, 6.07) is 7.35. The predicted molar refractivity (Wildman–Crippen MR) is 67.4 cm³/mol. The monoisotopic (exact) mass is 294 g/mol. The van der Waals surface area contributed by atoms with Gasteiger partial charge in [0.2, 0.25) is 0 Å². The molecule has 1 aromatic rings. The van der Waals surface area contributed by atoms with E-state index in [2.05, 4.69) is 6.58 Å². The third kappa shape index (κ3) is 9.21. The topological polar surface area (TPSA) is 75.7 Å². The van der Waals surface area contributed by atoms with Crippen molar-refractivity contribution < 1.29 is 52.0 Å². The van der Waals surface area contributed by atoms with Crippen molar-refractivity contribution in [1.29, 1.82) is 0 Å². The molecule has 0 aliphatic carbocycles. The fraction of sp³-hybridized carbons (Fsp3) is 0.333. The largest absolute Gasteiger partial charge is 1.00 e. The van der Waals surface area contributed by atoms with Crippen LogP contribution in [0, 0.1) is 0 Å². The summed E-state index contributed by atoms with van der Waals surface area (Å²) in [6.45, 7) is 4.07. The molecule has 0 saturated carbocycles. The minimum Gasteiger partial charge on any atom is -0.748 e. The molecule has 1 aromatic carbocycles. The SMILES string of the molecule is C=Cc1ccc(OCCOCCS(=O)(=O)[O-])cc1.[Na+]. The van der Waals surface area contributed by atoms with E-state index in [0.717, 1.165) is 5.56 Å². The van der Waals surface area contributed by atoms with Gasteiger partial charge >= 0.3 is 29.6 Å². The molecule has 7 heteroatoms. The Kier molecular flexibility index (Phi) is 9.34. The second-order valence-electron chi connectivity index (χ2n) is 3.50. The quantitative estimate of drug-likeness (QED) is 0.324. The van der Waals surface area contributed by atoms with Gasteiger partial charge in [-0.25, -0.2) is 8.42 Å². The Hall–Kier alpha value is -0.370. The first-order valence-corrected chi connectivity index (χ1v) is 6.95. The summed E-state index contributed by atoms with van der Waals surface area (Å²) in [6.07, 6.45) is 1.73. The van der Waals surface area contributed by atoms with E-state index in [1.807, 2.05) is 12.1 Å². The smallest absolute Gasteiger partial charge is 0.748 e. The van der Waals surface area contributed by atoms with Gasteiger partial charge in [0.1, 0.15) is 12.4 Å². The first-order chi connectivity index (χ1) is 8.51. The molecule has 0 spiro atoms. The van der Waals surface area contributed by atoms with Gasteiger partial charge in [-0.1, -0.05) is 24.8 Å². The maximum atomic E-state index is 10.3. The second-order valence-corrected chi connectivity index (χ2v) is 5.02. The maximum absolute atomic E-state index is 10.3. The number of benzene rings is 1. The normalized spacial score (nSPS) is 10.6. The van der Waals surface area contributed by atoms with Crippen molar-refractivity contribution in [3.63, 3.8) is 0 Å². The molecule has 0 aliphatic heterocycles. The van der Waals surface area contributed by atoms with E-state index in [4.69, 9.17) is 9.47 Å². The van der Waals surface area contributed by atoms with Crippen LogP contribution < -0.4 is 34.3 Å². The van der Waals surface area contributed by atoms with E-state index in [9.17, 15) is 13.0 Å². The molecular weight excluding hydrogens is 279 g/mol. The Morgan fingerprint density at radius 1 is 1.16 bits per heavy atom. The van der Waals surface area contributed by atoms with Gasteiger partial charge in [0, 0.05) is 0 Å². The Morgan fingerprint density at radius 2 is 1.79 bits per heavy atom. The first kappa shape index (κ1) is 18.6. The zero-order valence-electron chi connectivity index (χ0n) is 10.9. The molecule has 0 atom stereocenters.